The molecule has 3 aliphatic rings. The zero-order valence-electron chi connectivity index (χ0n) is 13.5. The van der Waals surface area contributed by atoms with Crippen LogP contribution < -0.4 is 5.32 Å². The van der Waals surface area contributed by atoms with Gasteiger partial charge in [-0.05, 0) is 53.9 Å². The number of benzene rings is 2. The highest BCUT2D eigenvalue weighted by atomic mass is 16.2. The van der Waals surface area contributed by atoms with Crippen LogP contribution in [0.5, 0.6) is 0 Å². The van der Waals surface area contributed by atoms with Crippen LogP contribution >= 0.6 is 0 Å². The average molecular weight is 320 g/mol. The number of hydrogen-bond donors (Lipinski definition) is 1. The van der Waals surface area contributed by atoms with Crippen LogP contribution in [0.2, 0.25) is 0 Å². The lowest BCUT2D eigenvalue weighted by Crippen LogP contribution is -2.51. The third-order valence-corrected chi connectivity index (χ3v) is 5.81. The Morgan fingerprint density at radius 3 is 2.33 bits per heavy atom. The molecular formula is C20H20N2O2. The molecule has 0 radical (unpaired) electrons. The first-order valence-electron chi connectivity index (χ1n) is 8.81. The van der Waals surface area contributed by atoms with E-state index in [1.807, 2.05) is 24.3 Å². The van der Waals surface area contributed by atoms with Gasteiger partial charge < -0.3 is 5.32 Å². The molecule has 2 aromatic carbocycles. The van der Waals surface area contributed by atoms with Gasteiger partial charge in [0, 0.05) is 0 Å². The van der Waals surface area contributed by atoms with Crippen LogP contribution in [0.25, 0.3) is 10.8 Å². The predicted molar refractivity (Wildman–Crippen MR) is 91.2 cm³/mol. The van der Waals surface area contributed by atoms with E-state index in [0.29, 0.717) is 18.4 Å². The highest BCUT2D eigenvalue weighted by Gasteiger charge is 2.65. The number of imide groups is 1. The first kappa shape index (κ1) is 14.0. The molecule has 4 nitrogen and oxygen atoms in total. The first-order chi connectivity index (χ1) is 11.7. The number of rotatable bonds is 4. The molecule has 5 rings (SSSR count). The summed E-state index contributed by atoms with van der Waals surface area (Å²) in [4.78, 5) is 27.2. The van der Waals surface area contributed by atoms with Gasteiger partial charge in [-0.3, -0.25) is 9.69 Å². The maximum absolute atomic E-state index is 13.2. The summed E-state index contributed by atoms with van der Waals surface area (Å²) >= 11 is 0. The number of fused-ring (bicyclic) bond motifs is 1. The lowest BCUT2D eigenvalue weighted by atomic mass is 9.87. The van der Waals surface area contributed by atoms with Crippen LogP contribution in [0.1, 0.15) is 31.2 Å². The van der Waals surface area contributed by atoms with E-state index in [4.69, 9.17) is 0 Å². The monoisotopic (exact) mass is 320 g/mol. The molecule has 3 fully saturated rings. The molecule has 1 saturated heterocycles. The quantitative estimate of drug-likeness (QED) is 0.877. The second-order valence-electron chi connectivity index (χ2n) is 7.38. The Morgan fingerprint density at radius 1 is 0.958 bits per heavy atom. The summed E-state index contributed by atoms with van der Waals surface area (Å²) in [6.07, 6.45) is 4.24. The molecule has 0 unspecified atom stereocenters. The minimum absolute atomic E-state index is 0.00503. The molecule has 0 spiro atoms. The van der Waals surface area contributed by atoms with E-state index in [0.717, 1.165) is 42.0 Å². The largest absolute Gasteiger partial charge is 0.325 e. The van der Waals surface area contributed by atoms with Crippen molar-refractivity contribution < 1.29 is 9.59 Å². The number of carbonyl (C=O) groups is 2. The topological polar surface area (TPSA) is 49.4 Å². The summed E-state index contributed by atoms with van der Waals surface area (Å²) < 4.78 is 0. The molecule has 2 aliphatic carbocycles. The van der Waals surface area contributed by atoms with Gasteiger partial charge in [0.25, 0.3) is 5.91 Å². The number of nitrogens with zero attached hydrogens (tertiary/aromatic N) is 1. The first-order valence-corrected chi connectivity index (χ1v) is 8.81. The maximum atomic E-state index is 13.2. The molecule has 122 valence electrons. The number of amides is 3. The van der Waals surface area contributed by atoms with E-state index >= 15 is 0 Å². The molecule has 1 N–H and O–H groups in total. The van der Waals surface area contributed by atoms with Crippen molar-refractivity contribution in [3.05, 3.63) is 48.0 Å². The summed E-state index contributed by atoms with van der Waals surface area (Å²) in [6, 6.07) is 14.0. The highest BCUT2D eigenvalue weighted by Crippen LogP contribution is 2.54. The molecule has 0 atom stereocenters. The Balaban J connectivity index is 1.50. The van der Waals surface area contributed by atoms with E-state index in [2.05, 4.69) is 23.5 Å². The Labute approximate surface area is 140 Å². The van der Waals surface area contributed by atoms with E-state index in [1.165, 1.54) is 4.90 Å². The number of nitrogens with one attached hydrogen (secondary N) is 1. The van der Waals surface area contributed by atoms with Crippen molar-refractivity contribution in [1.29, 1.82) is 0 Å². The van der Waals surface area contributed by atoms with Crippen LogP contribution in [-0.4, -0.2) is 22.4 Å². The molecule has 1 heterocycles. The van der Waals surface area contributed by atoms with Crippen molar-refractivity contribution in [3.8, 4) is 0 Å². The Hall–Kier alpha value is -2.36. The smallest absolute Gasteiger partial charge is 0.323 e. The number of hydrogen-bond acceptors (Lipinski definition) is 2. The average Bonchev–Trinajstić information content (AvgIpc) is 3.48. The fraction of sp³-hybridized carbons (Fsp3) is 0.400. The molecule has 2 saturated carbocycles. The second kappa shape index (κ2) is 4.82. The minimum atomic E-state index is -0.596. The Kier molecular flexibility index (Phi) is 2.82. The Bertz CT molecular complexity index is 834. The Morgan fingerprint density at radius 2 is 1.62 bits per heavy atom. The van der Waals surface area contributed by atoms with Crippen molar-refractivity contribution in [3.63, 3.8) is 0 Å². The van der Waals surface area contributed by atoms with Crippen LogP contribution in [-0.2, 0) is 11.3 Å². The van der Waals surface area contributed by atoms with Gasteiger partial charge in [0.05, 0.1) is 6.54 Å². The van der Waals surface area contributed by atoms with Gasteiger partial charge in [0.15, 0.2) is 0 Å². The normalized spacial score (nSPS) is 22.9. The lowest BCUT2D eigenvalue weighted by molar-refractivity contribution is -0.133. The van der Waals surface area contributed by atoms with Crippen molar-refractivity contribution in [2.45, 2.75) is 37.8 Å². The summed E-state index contributed by atoms with van der Waals surface area (Å²) in [5, 5.41) is 5.34. The van der Waals surface area contributed by atoms with Crippen LogP contribution in [0.15, 0.2) is 42.5 Å². The zero-order chi connectivity index (χ0) is 16.3. The van der Waals surface area contributed by atoms with Gasteiger partial charge >= 0.3 is 6.03 Å². The molecule has 2 aromatic rings. The number of urea groups is 1. The molecule has 1 aliphatic heterocycles. The third kappa shape index (κ3) is 1.92. The lowest BCUT2D eigenvalue weighted by Gasteiger charge is -2.26. The zero-order valence-corrected chi connectivity index (χ0v) is 13.5. The van der Waals surface area contributed by atoms with E-state index < -0.39 is 5.54 Å². The summed E-state index contributed by atoms with van der Waals surface area (Å²) in [5.74, 6) is 0.698. The van der Waals surface area contributed by atoms with Gasteiger partial charge in [-0.2, -0.15) is 0 Å². The predicted octanol–water partition coefficient (Wildman–Crippen LogP) is 3.45. The number of carbonyl (C=O) groups excluding carboxylic acids is 2. The van der Waals surface area contributed by atoms with Crippen LogP contribution in [0, 0.1) is 11.8 Å². The summed E-state index contributed by atoms with van der Waals surface area (Å²) in [5.41, 5.74) is 0.431. The maximum Gasteiger partial charge on any atom is 0.325 e. The third-order valence-electron chi connectivity index (χ3n) is 5.81. The molecular weight excluding hydrogens is 300 g/mol. The summed E-state index contributed by atoms with van der Waals surface area (Å²) in [7, 11) is 0. The minimum Gasteiger partial charge on any atom is -0.323 e. The van der Waals surface area contributed by atoms with Crippen molar-refractivity contribution in [2.75, 3.05) is 0 Å². The van der Waals surface area contributed by atoms with Crippen LogP contribution in [0.4, 0.5) is 4.79 Å². The highest BCUT2D eigenvalue weighted by molar-refractivity contribution is 6.08. The molecule has 4 heteroatoms. The van der Waals surface area contributed by atoms with Gasteiger partial charge in [0.1, 0.15) is 5.54 Å². The van der Waals surface area contributed by atoms with Crippen molar-refractivity contribution >= 4 is 22.7 Å². The van der Waals surface area contributed by atoms with E-state index in [9.17, 15) is 9.59 Å². The molecule has 24 heavy (non-hydrogen) atoms. The van der Waals surface area contributed by atoms with Gasteiger partial charge in [-0.25, -0.2) is 4.79 Å². The summed E-state index contributed by atoms with van der Waals surface area (Å²) in [6.45, 7) is 0.354. The molecule has 0 bridgehead atoms. The van der Waals surface area contributed by atoms with E-state index in [1.54, 1.807) is 0 Å². The van der Waals surface area contributed by atoms with Crippen molar-refractivity contribution in [1.82, 2.24) is 10.2 Å². The SMILES string of the molecule is O=C1NC(C2CC2)(C2CC2)C(=O)N1Cc1cccc2ccccc12. The fourth-order valence-corrected chi connectivity index (χ4v) is 4.32. The standard InChI is InChI=1S/C20H20N2O2/c23-18-20(15-8-9-15,16-10-11-16)21-19(24)22(18)12-14-6-3-5-13-4-1-2-7-17(13)14/h1-7,15-16H,8-12H2,(H,21,24). The fourth-order valence-electron chi connectivity index (χ4n) is 4.32. The second-order valence-corrected chi connectivity index (χ2v) is 7.38. The molecule has 0 aromatic heterocycles. The van der Waals surface area contributed by atoms with Crippen LogP contribution in [0.3, 0.4) is 0 Å². The molecule has 3 amide bonds. The van der Waals surface area contributed by atoms with Gasteiger partial charge in [0.2, 0.25) is 0 Å². The van der Waals surface area contributed by atoms with Crippen molar-refractivity contribution in [2.24, 2.45) is 11.8 Å². The van der Waals surface area contributed by atoms with Gasteiger partial charge in [-0.1, -0.05) is 42.5 Å². The van der Waals surface area contributed by atoms with Gasteiger partial charge in [-0.15, -0.1) is 0 Å². The van der Waals surface area contributed by atoms with E-state index in [-0.39, 0.29) is 11.9 Å².